The first kappa shape index (κ1) is 60.7. The number of likely N-dealkylation sites (tertiary alicyclic amines) is 2. The topological polar surface area (TPSA) is 188 Å². The van der Waals surface area contributed by atoms with Gasteiger partial charge in [-0.25, -0.2) is 17.6 Å². The van der Waals surface area contributed by atoms with Gasteiger partial charge in [0.2, 0.25) is 0 Å². The molecule has 6 atom stereocenters. The van der Waals surface area contributed by atoms with E-state index >= 15 is 8.78 Å². The molecule has 8 aromatic rings. The van der Waals surface area contributed by atoms with Crippen molar-refractivity contribution in [2.45, 2.75) is 102 Å². The van der Waals surface area contributed by atoms with Crippen molar-refractivity contribution < 1.29 is 51.8 Å². The van der Waals surface area contributed by atoms with Gasteiger partial charge >= 0.3 is 12.0 Å². The normalized spacial score (nSPS) is 24.0. The van der Waals surface area contributed by atoms with E-state index in [1.54, 1.807) is 0 Å². The van der Waals surface area contributed by atoms with Gasteiger partial charge in [-0.3, -0.25) is 9.97 Å². The third-order valence-electron chi connectivity index (χ3n) is 19.6. The van der Waals surface area contributed by atoms with Crippen LogP contribution in [0.2, 0.25) is 0 Å². The van der Waals surface area contributed by atoms with Crippen molar-refractivity contribution in [2.24, 2.45) is 10.8 Å². The number of fused-ring (bicyclic) bond motifs is 6. The highest BCUT2D eigenvalue weighted by Gasteiger charge is 2.49. The number of ether oxygens (including phenoxy) is 4. The highest BCUT2D eigenvalue weighted by Crippen LogP contribution is 2.50. The molecule has 2 aliphatic carbocycles. The number of terminal acetylenes is 2. The van der Waals surface area contributed by atoms with Gasteiger partial charge in [0.25, 0.3) is 0 Å². The number of benzene rings is 4. The summed E-state index contributed by atoms with van der Waals surface area (Å²) in [6, 6.07) is 12.0. The van der Waals surface area contributed by atoms with E-state index in [1.165, 1.54) is 60.9 Å². The summed E-state index contributed by atoms with van der Waals surface area (Å²) < 4.78 is 87.4. The summed E-state index contributed by atoms with van der Waals surface area (Å²) in [5.74, 6) is 2.61. The van der Waals surface area contributed by atoms with Crippen molar-refractivity contribution in [3.8, 4) is 70.7 Å². The fraction of sp³-hybridized carbons (Fsp3) is 0.449. The van der Waals surface area contributed by atoms with Crippen LogP contribution in [0, 0.1) is 58.8 Å². The number of piperidine rings is 2. The first-order valence-corrected chi connectivity index (χ1v) is 31.2. The van der Waals surface area contributed by atoms with Gasteiger partial charge in [0.1, 0.15) is 57.2 Å². The molecule has 4 aliphatic heterocycles. The lowest BCUT2D eigenvalue weighted by Gasteiger charge is -2.44. The first-order valence-electron chi connectivity index (χ1n) is 31.2. The van der Waals surface area contributed by atoms with E-state index in [0.29, 0.717) is 91.3 Å². The lowest BCUT2D eigenvalue weighted by atomic mass is 9.76. The number of hydrogen-bond donors (Lipinski definition) is 3. The Kier molecular flexibility index (Phi) is 16.8. The standard InChI is InChI=1S/C35H37F2N5O3.C34H35F2N5O4/c1-4-24-27(36)10-9-22-16-23(43)17-25(29(22)24)31-30(37)32-26(18-38-31)33(42-14-7-15-44-21(2)19-42)40-34(39-32)45-20-35-11-5-8-28(35)41(3)13-6-12-35;1-3-23-26(35)8-7-20-14-21(42)15-24(28(20)23)30-29(36)31-25(16-37-30)32(41-12-13-44-18-22(43)17-41)39-33(38-31)45-19-34-9-4-6-27(34)40(2)11-5-10-34/h1,9-10,16-18,21,28,43H,5-8,11-15,19-20H2,2-3H3;1,7-8,14-16,22,27,42-43H,4-6,9-13,17-19H2,2H3. The van der Waals surface area contributed by atoms with E-state index in [0.717, 1.165) is 83.7 Å². The van der Waals surface area contributed by atoms with Crippen LogP contribution in [0.1, 0.15) is 88.7 Å². The molecule has 0 radical (unpaired) electrons. The van der Waals surface area contributed by atoms with Crippen LogP contribution in [-0.2, 0) is 9.47 Å². The monoisotopic (exact) mass is 1230 g/mol. The van der Waals surface area contributed by atoms with Crippen LogP contribution >= 0.6 is 0 Å². The van der Waals surface area contributed by atoms with Crippen LogP contribution in [0.15, 0.2) is 60.9 Å². The van der Waals surface area contributed by atoms with E-state index in [1.807, 2.05) is 11.8 Å². The minimum Gasteiger partial charge on any atom is -0.508 e. The minimum atomic E-state index is -0.791. The summed E-state index contributed by atoms with van der Waals surface area (Å²) in [5, 5.41) is 33.8. The van der Waals surface area contributed by atoms with Crippen LogP contribution in [0.4, 0.5) is 29.2 Å². The summed E-state index contributed by atoms with van der Waals surface area (Å²) in [4.78, 5) is 36.5. The third-order valence-corrected chi connectivity index (χ3v) is 19.6. The van der Waals surface area contributed by atoms with Gasteiger partial charge in [0, 0.05) is 90.0 Å². The Morgan fingerprint density at radius 3 is 1.61 bits per heavy atom. The fourth-order valence-electron chi connectivity index (χ4n) is 15.5. The summed E-state index contributed by atoms with van der Waals surface area (Å²) >= 11 is 0. The number of pyridine rings is 2. The molecule has 4 aromatic heterocycles. The number of anilines is 2. The molecule has 0 amide bonds. The van der Waals surface area contributed by atoms with Gasteiger partial charge < -0.3 is 53.9 Å². The smallest absolute Gasteiger partial charge is 0.319 e. The molecule has 90 heavy (non-hydrogen) atoms. The number of halogens is 4. The predicted octanol–water partition coefficient (Wildman–Crippen LogP) is 10.7. The molecule has 17 nitrogen and oxygen atoms in total. The number of phenolic OH excluding ortho intramolecular Hbond substituents is 2. The molecule has 6 aliphatic rings. The Hall–Kier alpha value is -8.18. The highest BCUT2D eigenvalue weighted by atomic mass is 19.1. The molecule has 21 heteroatoms. The Morgan fingerprint density at radius 1 is 0.622 bits per heavy atom. The molecule has 2 saturated carbocycles. The van der Waals surface area contributed by atoms with Gasteiger partial charge in [-0.15, -0.1) is 12.8 Å². The van der Waals surface area contributed by atoms with E-state index in [4.69, 9.17) is 41.8 Å². The number of β-amino-alcohol motifs (C(OH)–C–C–N with tert-alkyl or cyclic N) is 1. The molecule has 468 valence electrons. The first-order chi connectivity index (χ1) is 43.5. The van der Waals surface area contributed by atoms with Crippen molar-refractivity contribution >= 4 is 55.0 Å². The van der Waals surface area contributed by atoms with Crippen molar-refractivity contribution in [3.05, 3.63) is 95.3 Å². The lowest BCUT2D eigenvalue weighted by Crippen LogP contribution is -2.50. The number of hydrogen-bond acceptors (Lipinski definition) is 17. The third kappa shape index (κ3) is 11.3. The maximum atomic E-state index is 16.8. The second-order valence-corrected chi connectivity index (χ2v) is 25.3. The Balaban J connectivity index is 0.000000165. The molecule has 6 fully saturated rings. The zero-order chi connectivity index (χ0) is 62.6. The summed E-state index contributed by atoms with van der Waals surface area (Å²) in [6.07, 6.45) is 25.2. The zero-order valence-corrected chi connectivity index (χ0v) is 50.8. The molecule has 0 bridgehead atoms. The van der Waals surface area contributed by atoms with Crippen molar-refractivity contribution in [1.82, 2.24) is 39.7 Å². The molecule has 6 unspecified atom stereocenters. The molecule has 3 N–H and O–H groups in total. The van der Waals surface area contributed by atoms with Crippen molar-refractivity contribution in [1.29, 1.82) is 0 Å². The van der Waals surface area contributed by atoms with Crippen LogP contribution < -0.4 is 19.3 Å². The Morgan fingerprint density at radius 2 is 1.11 bits per heavy atom. The predicted molar refractivity (Wildman–Crippen MR) is 336 cm³/mol. The number of nitrogens with zero attached hydrogens (tertiary/aromatic N) is 10. The average molecular weight is 1230 g/mol. The van der Waals surface area contributed by atoms with E-state index in [-0.39, 0.29) is 109 Å². The van der Waals surface area contributed by atoms with Gasteiger partial charge in [-0.1, -0.05) is 36.8 Å². The van der Waals surface area contributed by atoms with Crippen LogP contribution in [0.5, 0.6) is 23.5 Å². The SMILES string of the molecule is C#Cc1c(F)ccc2cc(O)cc(-c3ncc4c(N5CCCOC(C)C5)nc(OCC56CCCC5N(C)CCC6)nc4c3F)c12.C#Cc1c(F)ccc2cc(O)cc(-c3ncc4c(N5CCOCC(O)C5)nc(OCC56CCCC5N(C)CCC6)nc4c3F)c12. The van der Waals surface area contributed by atoms with E-state index < -0.39 is 29.4 Å². The molecule has 14 rings (SSSR count). The number of aromatic nitrogens is 6. The minimum absolute atomic E-state index is 0.00850. The maximum Gasteiger partial charge on any atom is 0.319 e. The molecular weight excluding hydrogens is 1160 g/mol. The number of aliphatic hydroxyl groups is 1. The summed E-state index contributed by atoms with van der Waals surface area (Å²) in [7, 11) is 4.34. The second-order valence-electron chi connectivity index (χ2n) is 25.3. The van der Waals surface area contributed by atoms with E-state index in [2.05, 4.69) is 60.6 Å². The molecule has 4 aromatic carbocycles. The molecular formula is C69H72F4N10O7. The largest absolute Gasteiger partial charge is 0.508 e. The average Bonchev–Trinajstić information content (AvgIpc) is 0.998. The number of rotatable bonds is 10. The van der Waals surface area contributed by atoms with E-state index in [9.17, 15) is 24.1 Å². The summed E-state index contributed by atoms with van der Waals surface area (Å²) in [5.41, 5.74) is -0.0588. The van der Waals surface area contributed by atoms with Gasteiger partial charge in [-0.05, 0) is 139 Å². The van der Waals surface area contributed by atoms with Gasteiger partial charge in [-0.2, -0.15) is 19.9 Å². The maximum absolute atomic E-state index is 16.8. The van der Waals surface area contributed by atoms with Crippen LogP contribution in [-0.4, -0.2) is 166 Å². The quantitative estimate of drug-likeness (QED) is 0.0866. The van der Waals surface area contributed by atoms with Crippen molar-refractivity contribution in [2.75, 3.05) is 96.2 Å². The molecule has 8 heterocycles. The Labute approximate surface area is 519 Å². The van der Waals surface area contributed by atoms with Crippen LogP contribution in [0.3, 0.4) is 0 Å². The van der Waals surface area contributed by atoms with Crippen LogP contribution in [0.25, 0.3) is 65.9 Å². The molecule has 0 spiro atoms. The van der Waals surface area contributed by atoms with Crippen molar-refractivity contribution in [3.63, 3.8) is 0 Å². The molecule has 4 saturated heterocycles. The lowest BCUT2D eigenvalue weighted by molar-refractivity contribution is 0.0133. The van der Waals surface area contributed by atoms with Gasteiger partial charge in [0.15, 0.2) is 11.6 Å². The second kappa shape index (κ2) is 24.9. The number of phenols is 2. The Bertz CT molecular complexity index is 3920. The van der Waals surface area contributed by atoms with Gasteiger partial charge in [0.05, 0.1) is 60.5 Å². The fourth-order valence-corrected chi connectivity index (χ4v) is 15.5. The number of aliphatic hydroxyl groups excluding tert-OH is 1. The zero-order valence-electron chi connectivity index (χ0n) is 50.8. The summed E-state index contributed by atoms with van der Waals surface area (Å²) in [6.45, 7) is 7.99. The highest BCUT2D eigenvalue weighted by molar-refractivity contribution is 6.04. The number of aromatic hydroxyl groups is 2.